The molecule has 0 aliphatic carbocycles. The lowest BCUT2D eigenvalue weighted by Crippen LogP contribution is -1.96. The molecule has 0 amide bonds. The van der Waals surface area contributed by atoms with Crippen LogP contribution in [0.1, 0.15) is 11.4 Å². The van der Waals surface area contributed by atoms with Crippen molar-refractivity contribution in [3.05, 3.63) is 121 Å². The lowest BCUT2D eigenvalue weighted by Gasteiger charge is -2.19. The van der Waals surface area contributed by atoms with Crippen LogP contribution < -0.4 is 0 Å². The summed E-state index contributed by atoms with van der Waals surface area (Å²) in [5, 5.41) is 4.86. The van der Waals surface area contributed by atoms with E-state index in [0.717, 1.165) is 33.9 Å². The zero-order valence-electron chi connectivity index (χ0n) is 19.3. The van der Waals surface area contributed by atoms with Gasteiger partial charge in [-0.15, -0.1) is 0 Å². The molecule has 2 aromatic heterocycles. The summed E-state index contributed by atoms with van der Waals surface area (Å²) in [5.41, 5.74) is 8.65. The quantitative estimate of drug-likeness (QED) is 0.278. The summed E-state index contributed by atoms with van der Waals surface area (Å²) in [4.78, 5) is 9.83. The van der Waals surface area contributed by atoms with Crippen LogP contribution in [-0.2, 0) is 0 Å². The molecule has 2 heterocycles. The third kappa shape index (κ3) is 3.45. The molecule has 0 radical (unpaired) electrons. The number of rotatable bonds is 3. The maximum Gasteiger partial charge on any atom is 0.0711 e. The fraction of sp³-hybridized carbons (Fsp3) is 0.0625. The Morgan fingerprint density at radius 3 is 1.29 bits per heavy atom. The molecule has 0 saturated heterocycles. The second kappa shape index (κ2) is 8.24. The number of hydrogen-bond donors (Lipinski definition) is 0. The molecule has 0 unspecified atom stereocenters. The van der Waals surface area contributed by atoms with Crippen LogP contribution in [0, 0.1) is 13.8 Å². The van der Waals surface area contributed by atoms with Crippen LogP contribution in [-0.4, -0.2) is 9.97 Å². The normalized spacial score (nSPS) is 11.2. The number of pyridine rings is 2. The topological polar surface area (TPSA) is 25.8 Å². The summed E-state index contributed by atoms with van der Waals surface area (Å²) < 4.78 is 0. The average Bonchev–Trinajstić information content (AvgIpc) is 2.87. The van der Waals surface area contributed by atoms with Crippen LogP contribution in [0.15, 0.2) is 109 Å². The van der Waals surface area contributed by atoms with Gasteiger partial charge in [-0.2, -0.15) is 0 Å². The molecule has 0 aliphatic rings. The molecule has 0 aliphatic heterocycles. The first-order chi connectivity index (χ1) is 16.7. The van der Waals surface area contributed by atoms with Crippen molar-refractivity contribution in [2.75, 3.05) is 0 Å². The third-order valence-corrected chi connectivity index (χ3v) is 6.44. The molecular formula is C32H24N2. The molecule has 0 saturated carbocycles. The van der Waals surface area contributed by atoms with Crippen LogP contribution in [0.2, 0.25) is 0 Å². The summed E-state index contributed by atoms with van der Waals surface area (Å²) in [6, 6.07) is 38.6. The Balaban J connectivity index is 1.81. The van der Waals surface area contributed by atoms with Gasteiger partial charge in [-0.05, 0) is 59.7 Å². The number of aryl methyl sites for hydroxylation is 2. The van der Waals surface area contributed by atoms with Crippen molar-refractivity contribution in [1.82, 2.24) is 9.97 Å². The molecule has 2 heteroatoms. The monoisotopic (exact) mass is 436 g/mol. The van der Waals surface area contributed by atoms with Crippen molar-refractivity contribution in [3.63, 3.8) is 0 Å². The van der Waals surface area contributed by atoms with E-state index in [1.54, 1.807) is 0 Å². The van der Waals surface area contributed by atoms with Crippen LogP contribution in [0.5, 0.6) is 0 Å². The molecule has 2 nitrogen and oxygen atoms in total. The molecular weight excluding hydrogens is 412 g/mol. The molecule has 0 atom stereocenters. The number of fused-ring (bicyclic) bond motifs is 2. The number of aromatic nitrogens is 2. The van der Waals surface area contributed by atoms with E-state index in [1.165, 1.54) is 32.7 Å². The van der Waals surface area contributed by atoms with E-state index < -0.39 is 0 Å². The minimum atomic E-state index is 0.983. The molecule has 6 aromatic rings. The number of hydrogen-bond acceptors (Lipinski definition) is 2. The summed E-state index contributed by atoms with van der Waals surface area (Å²) in [7, 11) is 0. The molecule has 4 aromatic carbocycles. The Labute approximate surface area is 199 Å². The molecule has 0 bridgehead atoms. The highest BCUT2D eigenvalue weighted by Gasteiger charge is 2.20. The molecule has 162 valence electrons. The standard InChI is InChI=1S/C32H24N2/c1-21-9-7-15-29(33-21)27-19-17-23-11-3-5-13-25(23)31(27)32-26-14-6-4-12-24(26)18-20-28(32)30-16-8-10-22(2)34-30/h3-20H,1-2H3. The van der Waals surface area contributed by atoms with Gasteiger partial charge in [0.25, 0.3) is 0 Å². The summed E-state index contributed by atoms with van der Waals surface area (Å²) >= 11 is 0. The first-order valence-corrected chi connectivity index (χ1v) is 11.6. The first-order valence-electron chi connectivity index (χ1n) is 11.6. The van der Waals surface area contributed by atoms with Crippen molar-refractivity contribution in [2.24, 2.45) is 0 Å². The van der Waals surface area contributed by atoms with Crippen LogP contribution in [0.3, 0.4) is 0 Å². The van der Waals surface area contributed by atoms with Gasteiger partial charge in [-0.1, -0.05) is 84.9 Å². The third-order valence-electron chi connectivity index (χ3n) is 6.44. The van der Waals surface area contributed by atoms with Crippen LogP contribution in [0.4, 0.5) is 0 Å². The minimum Gasteiger partial charge on any atom is -0.253 e. The van der Waals surface area contributed by atoms with Crippen molar-refractivity contribution in [3.8, 4) is 33.6 Å². The first kappa shape index (κ1) is 20.3. The maximum absolute atomic E-state index is 4.92. The van der Waals surface area contributed by atoms with E-state index >= 15 is 0 Å². The molecule has 34 heavy (non-hydrogen) atoms. The van der Waals surface area contributed by atoms with E-state index in [0.29, 0.717) is 0 Å². The molecule has 0 fully saturated rings. The lowest BCUT2D eigenvalue weighted by molar-refractivity contribution is 1.20. The van der Waals surface area contributed by atoms with E-state index in [2.05, 4.69) is 97.1 Å². The van der Waals surface area contributed by atoms with Gasteiger partial charge in [0.05, 0.1) is 11.4 Å². The smallest absolute Gasteiger partial charge is 0.0711 e. The predicted molar refractivity (Wildman–Crippen MR) is 143 cm³/mol. The zero-order chi connectivity index (χ0) is 23.1. The van der Waals surface area contributed by atoms with Crippen molar-refractivity contribution in [1.29, 1.82) is 0 Å². The summed E-state index contributed by atoms with van der Waals surface area (Å²) in [6.07, 6.45) is 0. The van der Waals surface area contributed by atoms with Gasteiger partial charge < -0.3 is 0 Å². The van der Waals surface area contributed by atoms with E-state index in [4.69, 9.17) is 9.97 Å². The van der Waals surface area contributed by atoms with Gasteiger partial charge in [0, 0.05) is 33.6 Å². The van der Waals surface area contributed by atoms with E-state index in [-0.39, 0.29) is 0 Å². The fourth-order valence-corrected chi connectivity index (χ4v) is 4.89. The Bertz CT molecular complexity index is 1550. The maximum atomic E-state index is 4.92. The van der Waals surface area contributed by atoms with Crippen molar-refractivity contribution >= 4 is 21.5 Å². The largest absolute Gasteiger partial charge is 0.253 e. The molecule has 6 rings (SSSR count). The van der Waals surface area contributed by atoms with Crippen LogP contribution in [0.25, 0.3) is 55.2 Å². The van der Waals surface area contributed by atoms with Gasteiger partial charge in [-0.25, -0.2) is 0 Å². The Kier molecular flexibility index (Phi) is 4.92. The van der Waals surface area contributed by atoms with E-state index in [1.807, 2.05) is 26.0 Å². The van der Waals surface area contributed by atoms with Crippen molar-refractivity contribution < 1.29 is 0 Å². The second-order valence-electron chi connectivity index (χ2n) is 8.75. The molecule has 0 N–H and O–H groups in total. The Morgan fingerprint density at radius 1 is 0.412 bits per heavy atom. The Morgan fingerprint density at radius 2 is 0.853 bits per heavy atom. The summed E-state index contributed by atoms with van der Waals surface area (Å²) in [6.45, 7) is 4.09. The lowest BCUT2D eigenvalue weighted by atomic mass is 9.85. The SMILES string of the molecule is Cc1cccc(-c2ccc3ccccc3c2-c2c(-c3cccc(C)n3)ccc3ccccc23)n1. The average molecular weight is 437 g/mol. The Hall–Kier alpha value is -4.30. The predicted octanol–water partition coefficient (Wildman–Crippen LogP) is 8.40. The van der Waals surface area contributed by atoms with Gasteiger partial charge in [0.1, 0.15) is 0 Å². The van der Waals surface area contributed by atoms with Gasteiger partial charge in [0.2, 0.25) is 0 Å². The highest BCUT2D eigenvalue weighted by molar-refractivity contribution is 6.14. The zero-order valence-corrected chi connectivity index (χ0v) is 19.3. The van der Waals surface area contributed by atoms with Crippen LogP contribution >= 0.6 is 0 Å². The minimum absolute atomic E-state index is 0.983. The highest BCUT2D eigenvalue weighted by atomic mass is 14.7. The second-order valence-corrected chi connectivity index (χ2v) is 8.75. The summed E-state index contributed by atoms with van der Waals surface area (Å²) in [5.74, 6) is 0. The van der Waals surface area contributed by atoms with Gasteiger partial charge in [0.15, 0.2) is 0 Å². The van der Waals surface area contributed by atoms with E-state index in [9.17, 15) is 0 Å². The highest BCUT2D eigenvalue weighted by Crippen LogP contribution is 2.45. The van der Waals surface area contributed by atoms with Gasteiger partial charge >= 0.3 is 0 Å². The fourth-order valence-electron chi connectivity index (χ4n) is 4.89. The van der Waals surface area contributed by atoms with Crippen molar-refractivity contribution in [2.45, 2.75) is 13.8 Å². The van der Waals surface area contributed by atoms with Gasteiger partial charge in [-0.3, -0.25) is 9.97 Å². The number of nitrogens with zero attached hydrogens (tertiary/aromatic N) is 2. The number of benzene rings is 4. The molecule has 0 spiro atoms.